The molecule has 1 aromatic carbocycles. The lowest BCUT2D eigenvalue weighted by molar-refractivity contribution is -0.197. The average molecular weight is 291 g/mol. The Bertz CT molecular complexity index is 508. The van der Waals surface area contributed by atoms with Gasteiger partial charge in [-0.25, -0.2) is 0 Å². The monoisotopic (exact) mass is 291 g/mol. The van der Waals surface area contributed by atoms with Crippen molar-refractivity contribution >= 4 is 11.7 Å². The van der Waals surface area contributed by atoms with E-state index in [-0.39, 0.29) is 17.8 Å². The van der Waals surface area contributed by atoms with Crippen molar-refractivity contribution < 1.29 is 19.0 Å². The summed E-state index contributed by atoms with van der Waals surface area (Å²) in [6.07, 6.45) is 2.19. The van der Waals surface area contributed by atoms with Crippen LogP contribution >= 0.6 is 0 Å². The minimum atomic E-state index is -0.594. The summed E-state index contributed by atoms with van der Waals surface area (Å²) < 4.78 is 16.5. The van der Waals surface area contributed by atoms with Crippen LogP contribution in [0.4, 0.5) is 5.69 Å². The van der Waals surface area contributed by atoms with Gasteiger partial charge < -0.3 is 19.9 Å². The molecule has 1 aliphatic heterocycles. The smallest absolute Gasteiger partial charge is 0.309 e. The zero-order chi connectivity index (χ0) is 14.9. The van der Waals surface area contributed by atoms with E-state index in [1.54, 1.807) is 0 Å². The van der Waals surface area contributed by atoms with Crippen LogP contribution in [-0.2, 0) is 19.0 Å². The van der Waals surface area contributed by atoms with Gasteiger partial charge in [0, 0.05) is 18.5 Å². The fraction of sp³-hybridized carbons (Fsp3) is 0.562. The van der Waals surface area contributed by atoms with E-state index < -0.39 is 5.79 Å². The molecule has 0 bridgehead atoms. The molecule has 2 fully saturated rings. The molecule has 5 heteroatoms. The number of ether oxygens (including phenoxy) is 3. The summed E-state index contributed by atoms with van der Waals surface area (Å²) in [5.41, 5.74) is 7.58. The first kappa shape index (κ1) is 14.4. The summed E-state index contributed by atoms with van der Waals surface area (Å²) in [7, 11) is 1.43. The van der Waals surface area contributed by atoms with Crippen LogP contribution in [0.1, 0.15) is 30.7 Å². The molecule has 3 rings (SSSR count). The maximum Gasteiger partial charge on any atom is 0.309 e. The van der Waals surface area contributed by atoms with Gasteiger partial charge in [-0.3, -0.25) is 4.79 Å². The number of carbonyl (C=O) groups excluding carboxylic acids is 1. The Hall–Kier alpha value is -1.59. The fourth-order valence-corrected chi connectivity index (χ4v) is 3.46. The summed E-state index contributed by atoms with van der Waals surface area (Å²) in [6, 6.07) is 7.72. The van der Waals surface area contributed by atoms with Crippen molar-refractivity contribution in [3.05, 3.63) is 29.8 Å². The predicted octanol–water partition coefficient (Wildman–Crippen LogP) is 2.07. The zero-order valence-electron chi connectivity index (χ0n) is 12.2. The van der Waals surface area contributed by atoms with Crippen molar-refractivity contribution in [1.29, 1.82) is 0 Å². The highest BCUT2D eigenvalue weighted by Crippen LogP contribution is 2.46. The van der Waals surface area contributed by atoms with Crippen molar-refractivity contribution in [3.8, 4) is 0 Å². The molecule has 1 saturated heterocycles. The van der Waals surface area contributed by atoms with Crippen LogP contribution in [0.5, 0.6) is 0 Å². The quantitative estimate of drug-likeness (QED) is 0.667. The van der Waals surface area contributed by atoms with Gasteiger partial charge in [-0.15, -0.1) is 0 Å². The van der Waals surface area contributed by atoms with Crippen LogP contribution in [0.2, 0.25) is 0 Å². The number of benzene rings is 1. The third-order valence-corrected chi connectivity index (χ3v) is 4.53. The zero-order valence-corrected chi connectivity index (χ0v) is 12.2. The molecule has 1 aromatic rings. The highest BCUT2D eigenvalue weighted by atomic mass is 16.7. The van der Waals surface area contributed by atoms with Gasteiger partial charge in [0.25, 0.3) is 0 Å². The molecule has 5 nitrogen and oxygen atoms in total. The molecule has 1 heterocycles. The highest BCUT2D eigenvalue weighted by molar-refractivity contribution is 5.74. The lowest BCUT2D eigenvalue weighted by atomic mass is 9.73. The van der Waals surface area contributed by atoms with Crippen molar-refractivity contribution in [2.75, 3.05) is 26.1 Å². The van der Waals surface area contributed by atoms with E-state index in [0.717, 1.165) is 24.1 Å². The maximum atomic E-state index is 12.2. The highest BCUT2D eigenvalue weighted by Gasteiger charge is 2.48. The van der Waals surface area contributed by atoms with Gasteiger partial charge in [-0.05, 0) is 30.0 Å². The standard InChI is InChI=1S/C16H21NO4/c1-19-15(18)14-10-16(20-8-9-21-16)7-6-13(14)11-2-4-12(17)5-3-11/h2-5,13-14H,6-10,17H2,1H3/t13-,14+/m0/s1. The molecule has 1 saturated carbocycles. The van der Waals surface area contributed by atoms with E-state index in [4.69, 9.17) is 19.9 Å². The van der Waals surface area contributed by atoms with Gasteiger partial charge in [0.2, 0.25) is 0 Å². The second-order valence-electron chi connectivity index (χ2n) is 5.75. The molecule has 0 amide bonds. The number of nitrogen functional groups attached to an aromatic ring is 1. The summed E-state index contributed by atoms with van der Waals surface area (Å²) in [6.45, 7) is 1.20. The Balaban J connectivity index is 1.85. The molecule has 0 aromatic heterocycles. The van der Waals surface area contributed by atoms with E-state index in [1.165, 1.54) is 7.11 Å². The van der Waals surface area contributed by atoms with E-state index in [9.17, 15) is 4.79 Å². The minimum Gasteiger partial charge on any atom is -0.469 e. The van der Waals surface area contributed by atoms with Crippen LogP contribution in [0.15, 0.2) is 24.3 Å². The number of rotatable bonds is 2. The summed E-state index contributed by atoms with van der Waals surface area (Å²) in [4.78, 5) is 12.2. The SMILES string of the molecule is COC(=O)[C@@H]1CC2(CC[C@H]1c1ccc(N)cc1)OCCO2. The topological polar surface area (TPSA) is 70.8 Å². The Morgan fingerprint density at radius 2 is 1.95 bits per heavy atom. The normalized spacial score (nSPS) is 27.7. The van der Waals surface area contributed by atoms with Crippen molar-refractivity contribution in [2.45, 2.75) is 31.0 Å². The first-order valence-corrected chi connectivity index (χ1v) is 7.35. The fourth-order valence-electron chi connectivity index (χ4n) is 3.46. The van der Waals surface area contributed by atoms with Gasteiger partial charge >= 0.3 is 5.97 Å². The van der Waals surface area contributed by atoms with Gasteiger partial charge in [0.15, 0.2) is 5.79 Å². The van der Waals surface area contributed by atoms with E-state index in [1.807, 2.05) is 24.3 Å². The van der Waals surface area contributed by atoms with Crippen molar-refractivity contribution in [3.63, 3.8) is 0 Å². The second-order valence-corrected chi connectivity index (χ2v) is 5.75. The molecule has 21 heavy (non-hydrogen) atoms. The van der Waals surface area contributed by atoms with Crippen LogP contribution in [0.3, 0.4) is 0 Å². The van der Waals surface area contributed by atoms with Gasteiger partial charge in [-0.2, -0.15) is 0 Å². The summed E-state index contributed by atoms with van der Waals surface area (Å²) >= 11 is 0. The molecule has 2 aliphatic rings. The average Bonchev–Trinajstić information content (AvgIpc) is 2.95. The number of esters is 1. The van der Waals surface area contributed by atoms with Crippen LogP contribution in [0.25, 0.3) is 0 Å². The third-order valence-electron chi connectivity index (χ3n) is 4.53. The van der Waals surface area contributed by atoms with E-state index >= 15 is 0 Å². The molecule has 0 radical (unpaired) electrons. The Kier molecular flexibility index (Phi) is 3.87. The van der Waals surface area contributed by atoms with Crippen LogP contribution in [-0.4, -0.2) is 32.1 Å². The number of anilines is 1. The van der Waals surface area contributed by atoms with Crippen molar-refractivity contribution in [1.82, 2.24) is 0 Å². The summed E-state index contributed by atoms with van der Waals surface area (Å²) in [5.74, 6) is -0.916. The summed E-state index contributed by atoms with van der Waals surface area (Å²) in [5, 5.41) is 0. The number of hydrogen-bond donors (Lipinski definition) is 1. The Morgan fingerprint density at radius 1 is 1.29 bits per heavy atom. The van der Waals surface area contributed by atoms with Gasteiger partial charge in [0.1, 0.15) is 0 Å². The molecule has 114 valence electrons. The Morgan fingerprint density at radius 3 is 2.57 bits per heavy atom. The lowest BCUT2D eigenvalue weighted by Gasteiger charge is -2.40. The molecular weight excluding hydrogens is 270 g/mol. The Labute approximate surface area is 124 Å². The molecule has 1 aliphatic carbocycles. The minimum absolute atomic E-state index is 0.122. The molecule has 2 N–H and O–H groups in total. The molecule has 2 atom stereocenters. The van der Waals surface area contributed by atoms with Crippen LogP contribution < -0.4 is 5.73 Å². The van der Waals surface area contributed by atoms with Gasteiger partial charge in [0.05, 0.1) is 26.2 Å². The van der Waals surface area contributed by atoms with Crippen LogP contribution in [0, 0.1) is 5.92 Å². The third kappa shape index (κ3) is 2.76. The molecule has 0 unspecified atom stereocenters. The number of methoxy groups -OCH3 is 1. The first-order chi connectivity index (χ1) is 10.1. The van der Waals surface area contributed by atoms with E-state index in [0.29, 0.717) is 19.6 Å². The second kappa shape index (κ2) is 5.66. The first-order valence-electron chi connectivity index (χ1n) is 7.35. The number of hydrogen-bond acceptors (Lipinski definition) is 5. The maximum absolute atomic E-state index is 12.2. The number of carbonyl (C=O) groups is 1. The predicted molar refractivity (Wildman–Crippen MR) is 77.6 cm³/mol. The lowest BCUT2D eigenvalue weighted by Crippen LogP contribution is -2.42. The molecule has 1 spiro atoms. The molecular formula is C16H21NO4. The number of nitrogens with two attached hydrogens (primary N) is 1. The van der Waals surface area contributed by atoms with E-state index in [2.05, 4.69) is 0 Å². The largest absolute Gasteiger partial charge is 0.469 e. The van der Waals surface area contributed by atoms with Crippen molar-refractivity contribution in [2.24, 2.45) is 5.92 Å². The van der Waals surface area contributed by atoms with Gasteiger partial charge in [-0.1, -0.05) is 12.1 Å².